The number of carbonyl (C=O) groups is 3. The standard InChI is InChI=1S/C30H42FN5O4/c1-18-16-36(29(39)40-30(2,3)4)15-12-20(18)17-35-13-10-19(11-14-35)21-6-7-22-26(33-34(5)27(22)25(21)31)23-8-9-24(37)32-28(23)38/h6-7,18-20,23H,8-17H2,1-5H3,(H,32,37,38)/t18-,20-,23?/m1/s1. The van der Waals surface area contributed by atoms with Crippen LogP contribution in [0, 0.1) is 17.7 Å². The van der Waals surface area contributed by atoms with E-state index in [2.05, 4.69) is 22.2 Å². The van der Waals surface area contributed by atoms with Gasteiger partial charge in [0.1, 0.15) is 11.1 Å². The summed E-state index contributed by atoms with van der Waals surface area (Å²) in [6.45, 7) is 12.1. The van der Waals surface area contributed by atoms with Crippen molar-refractivity contribution in [3.05, 3.63) is 29.2 Å². The lowest BCUT2D eigenvalue weighted by Gasteiger charge is -2.41. The minimum absolute atomic E-state index is 0.126. The number of aryl methyl sites for hydroxylation is 1. The van der Waals surface area contributed by atoms with E-state index in [0.717, 1.165) is 45.4 Å². The van der Waals surface area contributed by atoms with Gasteiger partial charge < -0.3 is 14.5 Å². The number of ether oxygens (including phenoxy) is 1. The summed E-state index contributed by atoms with van der Waals surface area (Å²) in [5.41, 5.74) is 1.18. The summed E-state index contributed by atoms with van der Waals surface area (Å²) in [6.07, 6.45) is 3.14. The molecular weight excluding hydrogens is 513 g/mol. The fourth-order valence-corrected chi connectivity index (χ4v) is 6.61. The molecule has 3 fully saturated rings. The molecule has 1 aromatic heterocycles. The van der Waals surface area contributed by atoms with Gasteiger partial charge in [0.15, 0.2) is 5.82 Å². The first-order valence-corrected chi connectivity index (χ1v) is 14.6. The normalized spacial score (nSPS) is 25.4. The topological polar surface area (TPSA) is 96.8 Å². The van der Waals surface area contributed by atoms with Crippen LogP contribution in [0.5, 0.6) is 0 Å². The lowest BCUT2D eigenvalue weighted by Crippen LogP contribution is -2.48. The predicted octanol–water partition coefficient (Wildman–Crippen LogP) is 4.31. The van der Waals surface area contributed by atoms with Crippen LogP contribution in [-0.4, -0.2) is 75.8 Å². The molecular formula is C30H42FN5O4. The highest BCUT2D eigenvalue weighted by atomic mass is 19.1. The Labute approximate surface area is 235 Å². The van der Waals surface area contributed by atoms with Crippen molar-refractivity contribution in [3.8, 4) is 0 Å². The lowest BCUT2D eigenvalue weighted by molar-refractivity contribution is -0.134. The van der Waals surface area contributed by atoms with Crippen molar-refractivity contribution in [1.29, 1.82) is 0 Å². The van der Waals surface area contributed by atoms with E-state index < -0.39 is 11.5 Å². The minimum Gasteiger partial charge on any atom is -0.444 e. The van der Waals surface area contributed by atoms with Crippen LogP contribution in [-0.2, 0) is 21.4 Å². The molecule has 0 aliphatic carbocycles. The van der Waals surface area contributed by atoms with Gasteiger partial charge in [-0.15, -0.1) is 0 Å². The highest BCUT2D eigenvalue weighted by Crippen LogP contribution is 2.37. The van der Waals surface area contributed by atoms with Crippen LogP contribution in [0.15, 0.2) is 12.1 Å². The Morgan fingerprint density at radius 2 is 1.85 bits per heavy atom. The van der Waals surface area contributed by atoms with Crippen LogP contribution in [0.1, 0.15) is 82.9 Å². The molecule has 10 heteroatoms. The largest absolute Gasteiger partial charge is 0.444 e. The van der Waals surface area contributed by atoms with Gasteiger partial charge in [-0.1, -0.05) is 19.1 Å². The highest BCUT2D eigenvalue weighted by Gasteiger charge is 2.35. The van der Waals surface area contributed by atoms with Crippen LogP contribution in [0.25, 0.3) is 10.9 Å². The number of amides is 3. The van der Waals surface area contributed by atoms with E-state index in [4.69, 9.17) is 4.74 Å². The smallest absolute Gasteiger partial charge is 0.410 e. The van der Waals surface area contributed by atoms with Gasteiger partial charge in [-0.25, -0.2) is 9.18 Å². The van der Waals surface area contributed by atoms with Crippen molar-refractivity contribution < 1.29 is 23.5 Å². The second-order valence-electron chi connectivity index (χ2n) is 12.9. The Hall–Kier alpha value is -3.01. The number of fused-ring (bicyclic) bond motifs is 1. The number of hydrogen-bond donors (Lipinski definition) is 1. The second-order valence-corrected chi connectivity index (χ2v) is 12.9. The Balaban J connectivity index is 1.20. The fourth-order valence-electron chi connectivity index (χ4n) is 6.61. The molecule has 218 valence electrons. The average molecular weight is 556 g/mol. The Morgan fingerprint density at radius 3 is 2.50 bits per heavy atom. The summed E-state index contributed by atoms with van der Waals surface area (Å²) < 4.78 is 23.0. The number of carbonyl (C=O) groups excluding carboxylic acids is 3. The van der Waals surface area contributed by atoms with E-state index >= 15 is 4.39 Å². The molecule has 1 unspecified atom stereocenters. The monoisotopic (exact) mass is 555 g/mol. The highest BCUT2D eigenvalue weighted by molar-refractivity contribution is 6.02. The van der Waals surface area contributed by atoms with Gasteiger partial charge in [-0.3, -0.25) is 19.6 Å². The number of nitrogens with one attached hydrogen (secondary N) is 1. The number of benzene rings is 1. The molecule has 3 atom stereocenters. The van der Waals surface area contributed by atoms with E-state index in [1.54, 1.807) is 7.05 Å². The molecule has 3 aliphatic heterocycles. The van der Waals surface area contributed by atoms with E-state index in [9.17, 15) is 14.4 Å². The number of halogens is 1. The molecule has 3 amide bonds. The van der Waals surface area contributed by atoms with Crippen LogP contribution in [0.2, 0.25) is 0 Å². The number of piperidine rings is 3. The summed E-state index contributed by atoms with van der Waals surface area (Å²) in [6, 6.07) is 3.76. The number of likely N-dealkylation sites (tertiary alicyclic amines) is 2. The summed E-state index contributed by atoms with van der Waals surface area (Å²) in [5, 5.41) is 7.54. The number of nitrogens with zero attached hydrogens (tertiary/aromatic N) is 4. The summed E-state index contributed by atoms with van der Waals surface area (Å²) in [4.78, 5) is 40.8. The van der Waals surface area contributed by atoms with Gasteiger partial charge in [0.25, 0.3) is 0 Å². The molecule has 0 saturated carbocycles. The summed E-state index contributed by atoms with van der Waals surface area (Å²) in [5.74, 6) is -0.410. The van der Waals surface area contributed by atoms with Crippen LogP contribution in [0.4, 0.5) is 9.18 Å². The van der Waals surface area contributed by atoms with Gasteiger partial charge >= 0.3 is 6.09 Å². The Morgan fingerprint density at radius 1 is 1.12 bits per heavy atom. The SMILES string of the molecule is C[C@@H]1CN(C(=O)OC(C)(C)C)CC[C@@H]1CN1CCC(c2ccc3c(C4CCC(=O)NC4=O)nn(C)c3c2F)CC1. The van der Waals surface area contributed by atoms with E-state index in [0.29, 0.717) is 47.0 Å². The Kier molecular flexibility index (Phi) is 7.92. The van der Waals surface area contributed by atoms with Crippen molar-refractivity contribution in [1.82, 2.24) is 24.9 Å². The van der Waals surface area contributed by atoms with Gasteiger partial charge in [-0.2, -0.15) is 5.10 Å². The summed E-state index contributed by atoms with van der Waals surface area (Å²) in [7, 11) is 1.71. The molecule has 1 N–H and O–H groups in total. The third-order valence-corrected chi connectivity index (χ3v) is 8.83. The fraction of sp³-hybridized carbons (Fsp3) is 0.667. The number of rotatable bonds is 4. The predicted molar refractivity (Wildman–Crippen MR) is 149 cm³/mol. The van der Waals surface area contributed by atoms with E-state index in [-0.39, 0.29) is 36.1 Å². The molecule has 3 saturated heterocycles. The van der Waals surface area contributed by atoms with Crippen LogP contribution >= 0.6 is 0 Å². The van der Waals surface area contributed by atoms with Crippen molar-refractivity contribution in [2.45, 2.75) is 77.2 Å². The number of aromatic nitrogens is 2. The maximum absolute atomic E-state index is 15.9. The van der Waals surface area contributed by atoms with Gasteiger partial charge in [-0.05, 0) is 82.9 Å². The first kappa shape index (κ1) is 28.5. The quantitative estimate of drug-likeness (QED) is 0.565. The first-order chi connectivity index (χ1) is 18.9. The molecule has 0 radical (unpaired) electrons. The minimum atomic E-state index is -0.548. The molecule has 5 rings (SSSR count). The number of hydrogen-bond acceptors (Lipinski definition) is 6. The Bertz CT molecular complexity index is 1290. The molecule has 3 aliphatic rings. The van der Waals surface area contributed by atoms with Gasteiger partial charge in [0.05, 0.1) is 11.6 Å². The van der Waals surface area contributed by atoms with Crippen LogP contribution in [0.3, 0.4) is 0 Å². The van der Waals surface area contributed by atoms with E-state index in [1.807, 2.05) is 37.8 Å². The number of imide groups is 1. The molecule has 9 nitrogen and oxygen atoms in total. The molecule has 4 heterocycles. The van der Waals surface area contributed by atoms with Crippen molar-refractivity contribution >= 4 is 28.8 Å². The second kappa shape index (κ2) is 11.1. The molecule has 40 heavy (non-hydrogen) atoms. The zero-order chi connectivity index (χ0) is 28.8. The summed E-state index contributed by atoms with van der Waals surface area (Å²) >= 11 is 0. The zero-order valence-corrected chi connectivity index (χ0v) is 24.3. The van der Waals surface area contributed by atoms with Gasteiger partial charge in [0.2, 0.25) is 11.8 Å². The van der Waals surface area contributed by atoms with E-state index in [1.165, 1.54) is 4.68 Å². The maximum atomic E-state index is 15.9. The van der Waals surface area contributed by atoms with Gasteiger partial charge in [0, 0.05) is 38.5 Å². The van der Waals surface area contributed by atoms with Crippen molar-refractivity contribution in [3.63, 3.8) is 0 Å². The average Bonchev–Trinajstić information content (AvgIpc) is 3.21. The third-order valence-electron chi connectivity index (χ3n) is 8.83. The molecule has 0 bridgehead atoms. The van der Waals surface area contributed by atoms with Crippen molar-refractivity contribution in [2.24, 2.45) is 18.9 Å². The molecule has 0 spiro atoms. The maximum Gasteiger partial charge on any atom is 0.410 e. The molecule has 2 aromatic rings. The first-order valence-electron chi connectivity index (χ1n) is 14.6. The third kappa shape index (κ3) is 5.87. The van der Waals surface area contributed by atoms with Crippen molar-refractivity contribution in [2.75, 3.05) is 32.7 Å². The zero-order valence-electron chi connectivity index (χ0n) is 24.3. The molecule has 1 aromatic carbocycles. The van der Waals surface area contributed by atoms with Crippen LogP contribution < -0.4 is 5.32 Å². The lowest BCUT2D eigenvalue weighted by atomic mass is 9.84.